The number of carbonyl (C=O) groups is 2. The molecule has 5 heteroatoms. The van der Waals surface area contributed by atoms with Gasteiger partial charge in [0, 0.05) is 6.42 Å². The van der Waals surface area contributed by atoms with Crippen molar-refractivity contribution in [3.63, 3.8) is 0 Å². The van der Waals surface area contributed by atoms with Crippen molar-refractivity contribution in [2.45, 2.75) is 12.8 Å². The van der Waals surface area contributed by atoms with Crippen LogP contribution < -0.4 is 15.4 Å². The van der Waals surface area contributed by atoms with E-state index < -0.39 is 0 Å². The number of aryl methyl sites for hydroxylation is 1. The monoisotopic (exact) mass is 296 g/mol. The van der Waals surface area contributed by atoms with Gasteiger partial charge in [0.2, 0.25) is 5.91 Å². The minimum absolute atomic E-state index is 0.00158. The number of amides is 2. The quantitative estimate of drug-likeness (QED) is 0.911. The van der Waals surface area contributed by atoms with E-state index in [4.69, 9.17) is 4.74 Å². The lowest BCUT2D eigenvalue weighted by Gasteiger charge is -2.20. The Labute approximate surface area is 128 Å². The number of carbonyl (C=O) groups excluding carboxylic acids is 2. The maximum Gasteiger partial charge on any atom is 0.262 e. The Kier molecular flexibility index (Phi) is 4.05. The molecule has 5 nitrogen and oxygen atoms in total. The summed E-state index contributed by atoms with van der Waals surface area (Å²) in [7, 11) is 0. The molecule has 0 aliphatic carbocycles. The fourth-order valence-corrected chi connectivity index (χ4v) is 2.32. The highest BCUT2D eigenvalue weighted by Crippen LogP contribution is 2.34. The summed E-state index contributed by atoms with van der Waals surface area (Å²) in [6, 6.07) is 15.1. The van der Waals surface area contributed by atoms with Crippen molar-refractivity contribution in [2.75, 3.05) is 17.2 Å². The Hall–Kier alpha value is -2.82. The van der Waals surface area contributed by atoms with Gasteiger partial charge < -0.3 is 15.4 Å². The fourth-order valence-electron chi connectivity index (χ4n) is 2.32. The lowest BCUT2D eigenvalue weighted by Crippen LogP contribution is -2.26. The fraction of sp³-hybridized carbons (Fsp3) is 0.176. The molecule has 2 amide bonds. The van der Waals surface area contributed by atoms with Crippen LogP contribution in [0.2, 0.25) is 0 Å². The van der Waals surface area contributed by atoms with Gasteiger partial charge in [-0.3, -0.25) is 9.59 Å². The zero-order valence-corrected chi connectivity index (χ0v) is 12.0. The van der Waals surface area contributed by atoms with Gasteiger partial charge in [-0.25, -0.2) is 0 Å². The summed E-state index contributed by atoms with van der Waals surface area (Å²) < 4.78 is 5.32. The van der Waals surface area contributed by atoms with E-state index in [2.05, 4.69) is 10.6 Å². The van der Waals surface area contributed by atoms with Crippen LogP contribution in [0.25, 0.3) is 0 Å². The van der Waals surface area contributed by atoms with Crippen LogP contribution in [0.15, 0.2) is 48.5 Å². The molecular weight excluding hydrogens is 280 g/mol. The molecule has 0 unspecified atom stereocenters. The van der Waals surface area contributed by atoms with Gasteiger partial charge in [0.1, 0.15) is 11.4 Å². The summed E-state index contributed by atoms with van der Waals surface area (Å²) in [6.07, 6.45) is 1.05. The van der Waals surface area contributed by atoms with Crippen molar-refractivity contribution >= 4 is 23.2 Å². The van der Waals surface area contributed by atoms with E-state index in [-0.39, 0.29) is 18.4 Å². The second-order valence-electron chi connectivity index (χ2n) is 5.05. The zero-order chi connectivity index (χ0) is 15.4. The number of anilines is 2. The SMILES string of the molecule is O=C(CCc1ccccc1)Nc1cccc2c1NC(=O)CO2. The molecular formula is C17H16N2O3. The molecule has 0 atom stereocenters. The lowest BCUT2D eigenvalue weighted by molar-refractivity contribution is -0.119. The van der Waals surface area contributed by atoms with Gasteiger partial charge in [-0.05, 0) is 24.1 Å². The maximum atomic E-state index is 12.1. The first-order valence-electron chi connectivity index (χ1n) is 7.12. The summed E-state index contributed by atoms with van der Waals surface area (Å²) in [6.45, 7) is -0.00158. The van der Waals surface area contributed by atoms with Crippen LogP contribution in [0, 0.1) is 0 Å². The number of hydrogen-bond donors (Lipinski definition) is 2. The summed E-state index contributed by atoms with van der Waals surface area (Å²) in [4.78, 5) is 23.5. The minimum Gasteiger partial charge on any atom is -0.481 e. The van der Waals surface area contributed by atoms with E-state index in [1.54, 1.807) is 18.2 Å². The normalized spacial score (nSPS) is 12.8. The molecule has 2 N–H and O–H groups in total. The van der Waals surface area contributed by atoms with Crippen molar-refractivity contribution in [1.82, 2.24) is 0 Å². The molecule has 22 heavy (non-hydrogen) atoms. The Bertz CT molecular complexity index is 698. The number of rotatable bonds is 4. The molecule has 0 saturated carbocycles. The summed E-state index contributed by atoms with van der Waals surface area (Å²) in [5.41, 5.74) is 2.19. The second-order valence-corrected chi connectivity index (χ2v) is 5.05. The molecule has 112 valence electrons. The predicted molar refractivity (Wildman–Crippen MR) is 84.0 cm³/mol. The van der Waals surface area contributed by atoms with Crippen molar-refractivity contribution in [3.05, 3.63) is 54.1 Å². The Morgan fingerprint density at radius 1 is 1.14 bits per heavy atom. The molecule has 0 saturated heterocycles. The molecule has 3 rings (SSSR count). The average Bonchev–Trinajstić information content (AvgIpc) is 2.54. The highest BCUT2D eigenvalue weighted by molar-refractivity contribution is 6.03. The van der Waals surface area contributed by atoms with E-state index in [1.807, 2.05) is 30.3 Å². The Morgan fingerprint density at radius 2 is 1.95 bits per heavy atom. The van der Waals surface area contributed by atoms with Gasteiger partial charge in [0.25, 0.3) is 5.91 Å². The number of fused-ring (bicyclic) bond motifs is 1. The van der Waals surface area contributed by atoms with Gasteiger partial charge >= 0.3 is 0 Å². The largest absolute Gasteiger partial charge is 0.481 e. The third-order valence-corrected chi connectivity index (χ3v) is 3.41. The molecule has 2 aromatic carbocycles. The Morgan fingerprint density at radius 3 is 2.77 bits per heavy atom. The molecule has 1 aliphatic rings. The number of benzene rings is 2. The molecule has 1 aliphatic heterocycles. The lowest BCUT2D eigenvalue weighted by atomic mass is 10.1. The summed E-state index contributed by atoms with van der Waals surface area (Å²) >= 11 is 0. The van der Waals surface area contributed by atoms with E-state index in [1.165, 1.54) is 0 Å². The molecule has 0 spiro atoms. The van der Waals surface area contributed by atoms with Crippen LogP contribution in [0.3, 0.4) is 0 Å². The van der Waals surface area contributed by atoms with E-state index in [0.29, 0.717) is 30.0 Å². The van der Waals surface area contributed by atoms with Crippen LogP contribution in [0.4, 0.5) is 11.4 Å². The first-order chi connectivity index (χ1) is 10.7. The Balaban J connectivity index is 1.66. The van der Waals surface area contributed by atoms with Crippen LogP contribution in [-0.2, 0) is 16.0 Å². The average molecular weight is 296 g/mol. The molecule has 0 fully saturated rings. The van der Waals surface area contributed by atoms with Gasteiger partial charge in [-0.2, -0.15) is 0 Å². The second kappa shape index (κ2) is 6.30. The van der Waals surface area contributed by atoms with Crippen LogP contribution in [0.5, 0.6) is 5.75 Å². The van der Waals surface area contributed by atoms with Crippen molar-refractivity contribution < 1.29 is 14.3 Å². The number of hydrogen-bond acceptors (Lipinski definition) is 3. The zero-order valence-electron chi connectivity index (χ0n) is 12.0. The van der Waals surface area contributed by atoms with Crippen molar-refractivity contribution in [2.24, 2.45) is 0 Å². The van der Waals surface area contributed by atoms with Crippen LogP contribution >= 0.6 is 0 Å². The smallest absolute Gasteiger partial charge is 0.262 e. The van der Waals surface area contributed by atoms with Gasteiger partial charge in [-0.1, -0.05) is 36.4 Å². The highest BCUT2D eigenvalue weighted by Gasteiger charge is 2.19. The topological polar surface area (TPSA) is 67.4 Å². The molecule has 1 heterocycles. The molecule has 0 radical (unpaired) electrons. The molecule has 0 bridgehead atoms. The minimum atomic E-state index is -0.224. The number of nitrogens with one attached hydrogen (secondary N) is 2. The van der Waals surface area contributed by atoms with Crippen LogP contribution in [-0.4, -0.2) is 18.4 Å². The maximum absolute atomic E-state index is 12.1. The van der Waals surface area contributed by atoms with E-state index in [0.717, 1.165) is 5.56 Å². The highest BCUT2D eigenvalue weighted by atomic mass is 16.5. The van der Waals surface area contributed by atoms with E-state index >= 15 is 0 Å². The molecule has 0 aromatic heterocycles. The third kappa shape index (κ3) is 3.25. The van der Waals surface area contributed by atoms with Crippen molar-refractivity contribution in [3.8, 4) is 5.75 Å². The van der Waals surface area contributed by atoms with Gasteiger partial charge in [-0.15, -0.1) is 0 Å². The first kappa shape index (κ1) is 14.1. The molecule has 2 aromatic rings. The van der Waals surface area contributed by atoms with E-state index in [9.17, 15) is 9.59 Å². The standard InChI is InChI=1S/C17H16N2O3/c20-15(10-9-12-5-2-1-3-6-12)18-13-7-4-8-14-17(13)19-16(21)11-22-14/h1-8H,9-11H2,(H,18,20)(H,19,21). The van der Waals surface area contributed by atoms with Gasteiger partial charge in [0.05, 0.1) is 5.69 Å². The van der Waals surface area contributed by atoms with Gasteiger partial charge in [0.15, 0.2) is 6.61 Å². The first-order valence-corrected chi connectivity index (χ1v) is 7.12. The van der Waals surface area contributed by atoms with Crippen LogP contribution in [0.1, 0.15) is 12.0 Å². The summed E-state index contributed by atoms with van der Waals surface area (Å²) in [5, 5.41) is 5.56. The number of ether oxygens (including phenoxy) is 1. The summed E-state index contributed by atoms with van der Waals surface area (Å²) in [5.74, 6) is 0.246. The van der Waals surface area contributed by atoms with Crippen molar-refractivity contribution in [1.29, 1.82) is 0 Å². The number of para-hydroxylation sites is 1. The third-order valence-electron chi connectivity index (χ3n) is 3.41. The predicted octanol–water partition coefficient (Wildman–Crippen LogP) is 2.59.